The summed E-state index contributed by atoms with van der Waals surface area (Å²) >= 11 is 0. The molecule has 0 heterocycles. The van der Waals surface area contributed by atoms with E-state index in [-0.39, 0.29) is 6.54 Å². The summed E-state index contributed by atoms with van der Waals surface area (Å²) < 4.78 is 4.67. The fourth-order valence-electron chi connectivity index (χ4n) is 0.917. The Balaban J connectivity index is 4.15. The molecule has 0 radical (unpaired) electrons. The Morgan fingerprint density at radius 2 is 1.93 bits per heavy atom. The number of hydrogen-bond donors (Lipinski definition) is 1. The highest BCUT2D eigenvalue weighted by Gasteiger charge is 2.18. The Kier molecular flexibility index (Phi) is 5.82. The molecule has 82 valence electrons. The van der Waals surface area contributed by atoms with Crippen molar-refractivity contribution in [2.75, 3.05) is 20.3 Å². The molecular weight excluding hydrogens is 190 g/mol. The maximum Gasteiger partial charge on any atom is 0.0590 e. The molecule has 0 bridgehead atoms. The average Bonchev–Trinajstić information content (AvgIpc) is 2.10. The van der Waals surface area contributed by atoms with E-state index in [1.807, 2.05) is 0 Å². The molecule has 2 atom stereocenters. The number of aliphatic carboxylic acids is 2. The second-order valence-corrected chi connectivity index (χ2v) is 2.85. The number of carbonyl (C=O) groups excluding carboxylic acids is 2. The predicted octanol–water partition coefficient (Wildman–Crippen LogP) is -3.27. The van der Waals surface area contributed by atoms with E-state index in [2.05, 4.69) is 10.1 Å². The minimum Gasteiger partial charge on any atom is -0.550 e. The van der Waals surface area contributed by atoms with Crippen LogP contribution in [0.5, 0.6) is 0 Å². The standard InChI is InChI=1S/C8H15NO5/c1-5(7(10)11)6(8(12)13)9-3-4-14-2/h5-6,9H,3-4H2,1-2H3,(H,10,11)(H,12,13)/p-2. The van der Waals surface area contributed by atoms with Crippen LogP contribution < -0.4 is 15.5 Å². The molecule has 0 spiro atoms. The van der Waals surface area contributed by atoms with Gasteiger partial charge in [-0.15, -0.1) is 0 Å². The van der Waals surface area contributed by atoms with E-state index in [0.717, 1.165) is 0 Å². The van der Waals surface area contributed by atoms with E-state index >= 15 is 0 Å². The normalized spacial score (nSPS) is 14.7. The van der Waals surface area contributed by atoms with Crippen LogP contribution in [-0.2, 0) is 14.3 Å². The van der Waals surface area contributed by atoms with E-state index in [1.54, 1.807) is 0 Å². The van der Waals surface area contributed by atoms with Crippen molar-refractivity contribution in [3.8, 4) is 0 Å². The van der Waals surface area contributed by atoms with Gasteiger partial charge < -0.3 is 29.9 Å². The number of rotatable bonds is 7. The molecule has 0 aromatic rings. The van der Waals surface area contributed by atoms with Gasteiger partial charge in [0.25, 0.3) is 0 Å². The van der Waals surface area contributed by atoms with Crippen molar-refractivity contribution >= 4 is 11.9 Å². The summed E-state index contributed by atoms with van der Waals surface area (Å²) in [5.41, 5.74) is 0. The summed E-state index contributed by atoms with van der Waals surface area (Å²) in [6.45, 7) is 1.78. The Labute approximate surface area is 81.9 Å². The van der Waals surface area contributed by atoms with Crippen LogP contribution in [0, 0.1) is 5.92 Å². The van der Waals surface area contributed by atoms with Gasteiger partial charge in [0.1, 0.15) is 0 Å². The summed E-state index contributed by atoms with van der Waals surface area (Å²) in [6, 6.07) is -1.25. The third kappa shape index (κ3) is 4.20. The molecule has 0 aromatic heterocycles. The molecule has 0 aliphatic heterocycles. The van der Waals surface area contributed by atoms with Crippen LogP contribution in [0.4, 0.5) is 0 Å². The third-order valence-electron chi connectivity index (χ3n) is 1.80. The highest BCUT2D eigenvalue weighted by Crippen LogP contribution is 2.00. The third-order valence-corrected chi connectivity index (χ3v) is 1.80. The average molecular weight is 203 g/mol. The molecule has 6 heteroatoms. The van der Waals surface area contributed by atoms with E-state index in [0.29, 0.717) is 6.61 Å². The topological polar surface area (TPSA) is 102 Å². The molecule has 0 saturated carbocycles. The molecule has 0 aromatic carbocycles. The van der Waals surface area contributed by atoms with Gasteiger partial charge in [-0.3, -0.25) is 0 Å². The molecule has 2 unspecified atom stereocenters. The van der Waals surface area contributed by atoms with Crippen molar-refractivity contribution in [2.24, 2.45) is 5.92 Å². The van der Waals surface area contributed by atoms with E-state index in [9.17, 15) is 19.8 Å². The second-order valence-electron chi connectivity index (χ2n) is 2.85. The lowest BCUT2D eigenvalue weighted by Gasteiger charge is -2.26. The first-order valence-corrected chi connectivity index (χ1v) is 4.14. The molecule has 0 saturated heterocycles. The molecule has 6 nitrogen and oxygen atoms in total. The summed E-state index contributed by atoms with van der Waals surface area (Å²) in [4.78, 5) is 20.9. The minimum absolute atomic E-state index is 0.243. The molecule has 0 amide bonds. The highest BCUT2D eigenvalue weighted by atomic mass is 16.5. The van der Waals surface area contributed by atoms with Crippen LogP contribution in [0.1, 0.15) is 6.92 Å². The lowest BCUT2D eigenvalue weighted by Crippen LogP contribution is -2.54. The fraction of sp³-hybridized carbons (Fsp3) is 0.750. The van der Waals surface area contributed by atoms with Gasteiger partial charge in [-0.2, -0.15) is 0 Å². The zero-order chi connectivity index (χ0) is 11.1. The van der Waals surface area contributed by atoms with Gasteiger partial charge in [-0.1, -0.05) is 6.92 Å². The van der Waals surface area contributed by atoms with Gasteiger partial charge in [-0.25, -0.2) is 0 Å². The number of carbonyl (C=O) groups is 2. The van der Waals surface area contributed by atoms with Crippen molar-refractivity contribution in [1.29, 1.82) is 0 Å². The van der Waals surface area contributed by atoms with E-state index in [4.69, 9.17) is 0 Å². The first-order valence-electron chi connectivity index (χ1n) is 4.14. The van der Waals surface area contributed by atoms with Crippen LogP contribution >= 0.6 is 0 Å². The summed E-state index contributed by atoms with van der Waals surface area (Å²) in [7, 11) is 1.46. The van der Waals surface area contributed by atoms with Crippen molar-refractivity contribution in [2.45, 2.75) is 13.0 Å². The molecular formula is C8H13NO5-2. The SMILES string of the molecule is COCCNC(C(=O)[O-])C(C)C(=O)[O-]. The van der Waals surface area contributed by atoms with Crippen LogP contribution in [0.2, 0.25) is 0 Å². The molecule has 1 N–H and O–H groups in total. The van der Waals surface area contributed by atoms with Gasteiger partial charge in [0.2, 0.25) is 0 Å². The maximum absolute atomic E-state index is 10.5. The van der Waals surface area contributed by atoms with Crippen molar-refractivity contribution in [3.63, 3.8) is 0 Å². The van der Waals surface area contributed by atoms with Gasteiger partial charge in [-0.05, 0) is 0 Å². The van der Waals surface area contributed by atoms with Crippen molar-refractivity contribution in [3.05, 3.63) is 0 Å². The van der Waals surface area contributed by atoms with Crippen LogP contribution in [-0.4, -0.2) is 38.2 Å². The van der Waals surface area contributed by atoms with Crippen molar-refractivity contribution in [1.82, 2.24) is 5.32 Å². The Hall–Kier alpha value is -1.14. The zero-order valence-corrected chi connectivity index (χ0v) is 8.11. The van der Waals surface area contributed by atoms with E-state index in [1.165, 1.54) is 14.0 Å². The number of nitrogens with one attached hydrogen (secondary N) is 1. The first-order chi connectivity index (χ1) is 6.50. The van der Waals surface area contributed by atoms with Gasteiger partial charge in [0, 0.05) is 25.5 Å². The Bertz CT molecular complexity index is 206. The molecule has 14 heavy (non-hydrogen) atoms. The van der Waals surface area contributed by atoms with Gasteiger partial charge >= 0.3 is 0 Å². The van der Waals surface area contributed by atoms with Gasteiger partial charge in [0.05, 0.1) is 18.6 Å². The first kappa shape index (κ1) is 12.9. The Morgan fingerprint density at radius 1 is 1.36 bits per heavy atom. The molecule has 0 aliphatic rings. The largest absolute Gasteiger partial charge is 0.550 e. The summed E-state index contributed by atoms with van der Waals surface area (Å²) in [5.74, 6) is -4.03. The monoisotopic (exact) mass is 203 g/mol. The lowest BCUT2D eigenvalue weighted by molar-refractivity contribution is -0.322. The molecule has 0 aliphatic carbocycles. The zero-order valence-electron chi connectivity index (χ0n) is 8.11. The summed E-state index contributed by atoms with van der Waals surface area (Å²) in [6.07, 6.45) is 0. The quantitative estimate of drug-likeness (QED) is 0.435. The maximum atomic E-state index is 10.5. The number of ether oxygens (including phenoxy) is 1. The van der Waals surface area contributed by atoms with Crippen LogP contribution in [0.25, 0.3) is 0 Å². The van der Waals surface area contributed by atoms with E-state index < -0.39 is 23.9 Å². The van der Waals surface area contributed by atoms with Crippen LogP contribution in [0.15, 0.2) is 0 Å². The second kappa shape index (κ2) is 6.33. The number of hydrogen-bond acceptors (Lipinski definition) is 6. The highest BCUT2D eigenvalue weighted by molar-refractivity contribution is 5.80. The molecule has 0 rings (SSSR count). The van der Waals surface area contributed by atoms with Crippen LogP contribution in [0.3, 0.4) is 0 Å². The number of carboxylic acids is 2. The lowest BCUT2D eigenvalue weighted by atomic mass is 10.0. The van der Waals surface area contributed by atoms with Gasteiger partial charge in [0.15, 0.2) is 0 Å². The predicted molar refractivity (Wildman–Crippen MR) is 42.8 cm³/mol. The summed E-state index contributed by atoms with van der Waals surface area (Å²) in [5, 5.41) is 23.4. The Morgan fingerprint density at radius 3 is 2.29 bits per heavy atom. The smallest absolute Gasteiger partial charge is 0.0590 e. The number of carboxylic acid groups (broad SMARTS) is 2. The fourth-order valence-corrected chi connectivity index (χ4v) is 0.917. The minimum atomic E-state index is -1.46. The van der Waals surface area contributed by atoms with Crippen molar-refractivity contribution < 1.29 is 24.5 Å². The molecule has 0 fully saturated rings. The number of methoxy groups -OCH3 is 1.